The van der Waals surface area contributed by atoms with Crippen LogP contribution in [-0.2, 0) is 0 Å². The summed E-state index contributed by atoms with van der Waals surface area (Å²) in [4.78, 5) is 0. The van der Waals surface area contributed by atoms with E-state index in [9.17, 15) is 0 Å². The van der Waals surface area contributed by atoms with Gasteiger partial charge in [0.25, 0.3) is 0 Å². The van der Waals surface area contributed by atoms with Crippen molar-refractivity contribution in [1.82, 2.24) is 0 Å². The van der Waals surface area contributed by atoms with E-state index in [1.54, 1.807) is 5.92 Å². The maximum Gasteiger partial charge on any atom is 0.133 e. The minimum Gasteiger partial charge on any atom is -0.192 e. The van der Waals surface area contributed by atoms with E-state index in [1.807, 2.05) is 12.1 Å². The van der Waals surface area contributed by atoms with Crippen LogP contribution in [0.1, 0.15) is 32.1 Å². The molecule has 0 spiro atoms. The molecule has 0 atom stereocenters. The van der Waals surface area contributed by atoms with Crippen LogP contribution in [0.3, 0.4) is 0 Å². The summed E-state index contributed by atoms with van der Waals surface area (Å²) >= 11 is 0. The molecule has 0 radical (unpaired) electrons. The fourth-order valence-corrected chi connectivity index (χ4v) is 2.43. The Morgan fingerprint density at radius 1 is 1.23 bits per heavy atom. The van der Waals surface area contributed by atoms with Gasteiger partial charge in [0, 0.05) is 5.57 Å². The van der Waals surface area contributed by atoms with Gasteiger partial charge in [-0.3, -0.25) is 0 Å². The maximum absolute atomic E-state index is 8.77. The molecule has 2 bridgehead atoms. The number of nitriles is 2. The van der Waals surface area contributed by atoms with Crippen molar-refractivity contribution >= 4 is 0 Å². The van der Waals surface area contributed by atoms with E-state index in [1.165, 1.54) is 12.8 Å². The van der Waals surface area contributed by atoms with E-state index in [0.717, 1.165) is 24.8 Å². The molecule has 2 heteroatoms. The molecule has 0 N–H and O–H groups in total. The van der Waals surface area contributed by atoms with Crippen molar-refractivity contribution in [3.8, 4) is 12.1 Å². The van der Waals surface area contributed by atoms with Gasteiger partial charge >= 0.3 is 0 Å². The lowest BCUT2D eigenvalue weighted by Crippen LogP contribution is -2.24. The third-order valence-corrected chi connectivity index (χ3v) is 3.17. The molecule has 3 aliphatic rings. The number of nitrogens with zero attached hydrogens (tertiary/aromatic N) is 2. The lowest BCUT2D eigenvalue weighted by molar-refractivity contribution is 0.359. The van der Waals surface area contributed by atoms with Crippen LogP contribution in [0.25, 0.3) is 0 Å². The van der Waals surface area contributed by atoms with E-state index in [-0.39, 0.29) is 0 Å². The first-order valence-electron chi connectivity index (χ1n) is 4.72. The highest BCUT2D eigenvalue weighted by atomic mass is 14.4. The predicted molar refractivity (Wildman–Crippen MR) is 48.1 cm³/mol. The van der Waals surface area contributed by atoms with Gasteiger partial charge in [-0.25, -0.2) is 0 Å². The van der Waals surface area contributed by atoms with Gasteiger partial charge in [-0.1, -0.05) is 0 Å². The average molecular weight is 171 g/mol. The molecule has 64 valence electrons. The molecule has 3 rings (SSSR count). The zero-order valence-corrected chi connectivity index (χ0v) is 7.51. The zero-order chi connectivity index (χ0) is 9.26. The smallest absolute Gasteiger partial charge is 0.133 e. The molecule has 3 aliphatic carbocycles. The van der Waals surface area contributed by atoms with Gasteiger partial charge in [-0.05, 0) is 18.8 Å². The first kappa shape index (κ1) is 8.20. The Hall–Kier alpha value is -1.41. The molecule has 0 heterocycles. The van der Waals surface area contributed by atoms with Gasteiger partial charge in [-0.15, -0.1) is 0 Å². The summed E-state index contributed by atoms with van der Waals surface area (Å²) in [6.07, 6.45) is 5.70. The third-order valence-electron chi connectivity index (χ3n) is 3.17. The largest absolute Gasteiger partial charge is 0.192 e. The molecule has 0 unspecified atom stereocenters. The number of hydrogen-bond acceptors (Lipinski definition) is 2. The maximum atomic E-state index is 8.77. The Kier molecular flexibility index (Phi) is 1.99. The van der Waals surface area contributed by atoms with Crippen LogP contribution in [0.2, 0.25) is 0 Å². The standard InChI is InChI=1S/C11H11N2/c12-6-10(7-13)11-5-8-1-3-9(11)4-2-8/h9H,1-5H2/q+1. The molecule has 2 nitrogen and oxygen atoms in total. The summed E-state index contributed by atoms with van der Waals surface area (Å²) in [5, 5.41) is 17.5. The lowest BCUT2D eigenvalue weighted by atomic mass is 9.67. The molecule has 13 heavy (non-hydrogen) atoms. The number of hydrogen-bond donors (Lipinski definition) is 0. The van der Waals surface area contributed by atoms with Crippen LogP contribution in [0.4, 0.5) is 0 Å². The Balaban J connectivity index is 2.32. The van der Waals surface area contributed by atoms with Crippen molar-refractivity contribution in [2.24, 2.45) is 5.92 Å². The Bertz CT molecular complexity index is 303. The number of fused-ring (bicyclic) bond motifs is 3. The van der Waals surface area contributed by atoms with E-state index in [4.69, 9.17) is 10.5 Å². The highest BCUT2D eigenvalue weighted by Crippen LogP contribution is 2.46. The molecular formula is C11H11N2+. The minimum absolute atomic E-state index is 0.377. The summed E-state index contributed by atoms with van der Waals surface area (Å²) in [6, 6.07) is 4.02. The van der Waals surface area contributed by atoms with Gasteiger partial charge in [0.15, 0.2) is 0 Å². The average Bonchev–Trinajstić information content (AvgIpc) is 2.22. The first-order chi connectivity index (χ1) is 6.35. The van der Waals surface area contributed by atoms with Crippen LogP contribution >= 0.6 is 0 Å². The lowest BCUT2D eigenvalue weighted by Gasteiger charge is -2.30. The van der Waals surface area contributed by atoms with E-state index >= 15 is 0 Å². The molecule has 0 aromatic rings. The van der Waals surface area contributed by atoms with Gasteiger partial charge in [-0.2, -0.15) is 10.5 Å². The van der Waals surface area contributed by atoms with Crippen LogP contribution < -0.4 is 0 Å². The van der Waals surface area contributed by atoms with Crippen molar-refractivity contribution in [3.05, 3.63) is 17.1 Å². The summed E-state index contributed by atoms with van der Waals surface area (Å²) < 4.78 is 0. The predicted octanol–water partition coefficient (Wildman–Crippen LogP) is 2.50. The molecule has 0 saturated heterocycles. The molecule has 0 aromatic carbocycles. The number of rotatable bonds is 0. The molecule has 3 fully saturated rings. The molecule has 0 amide bonds. The number of allylic oxidation sites excluding steroid dienone is 2. The summed E-state index contributed by atoms with van der Waals surface area (Å²) in [5.74, 6) is 2.08. The molecule has 3 saturated carbocycles. The summed E-state index contributed by atoms with van der Waals surface area (Å²) in [5.41, 5.74) is 1.50. The van der Waals surface area contributed by atoms with Crippen LogP contribution in [0, 0.1) is 34.5 Å². The van der Waals surface area contributed by atoms with Crippen LogP contribution in [-0.4, -0.2) is 0 Å². The van der Waals surface area contributed by atoms with Crippen LogP contribution in [0.5, 0.6) is 0 Å². The van der Waals surface area contributed by atoms with Crippen molar-refractivity contribution < 1.29 is 0 Å². The normalized spacial score (nSPS) is 21.1. The summed E-state index contributed by atoms with van der Waals surface area (Å²) in [7, 11) is 0. The molecule has 0 aliphatic heterocycles. The highest BCUT2D eigenvalue weighted by molar-refractivity contribution is 5.44. The molecule has 0 aromatic heterocycles. The monoisotopic (exact) mass is 171 g/mol. The second kappa shape index (κ2) is 3.15. The Morgan fingerprint density at radius 3 is 2.23 bits per heavy atom. The Labute approximate surface area is 78.5 Å². The second-order valence-corrected chi connectivity index (χ2v) is 3.82. The van der Waals surface area contributed by atoms with E-state index in [0.29, 0.717) is 11.5 Å². The highest BCUT2D eigenvalue weighted by Gasteiger charge is 2.40. The third kappa shape index (κ3) is 1.29. The molecular weight excluding hydrogens is 160 g/mol. The van der Waals surface area contributed by atoms with Crippen LogP contribution in [0.15, 0.2) is 11.1 Å². The van der Waals surface area contributed by atoms with Gasteiger partial charge in [0.1, 0.15) is 24.1 Å². The van der Waals surface area contributed by atoms with Crippen molar-refractivity contribution in [2.45, 2.75) is 32.1 Å². The fourth-order valence-electron chi connectivity index (χ4n) is 2.43. The summed E-state index contributed by atoms with van der Waals surface area (Å²) in [6.45, 7) is 0. The first-order valence-corrected chi connectivity index (χ1v) is 4.72. The van der Waals surface area contributed by atoms with Crippen molar-refractivity contribution in [3.63, 3.8) is 0 Å². The Morgan fingerprint density at radius 2 is 1.85 bits per heavy atom. The second-order valence-electron chi connectivity index (χ2n) is 3.82. The quantitative estimate of drug-likeness (QED) is 0.415. The van der Waals surface area contributed by atoms with Gasteiger partial charge in [0.05, 0.1) is 18.8 Å². The topological polar surface area (TPSA) is 47.6 Å². The van der Waals surface area contributed by atoms with E-state index < -0.39 is 0 Å². The van der Waals surface area contributed by atoms with Gasteiger partial charge in [0.2, 0.25) is 0 Å². The van der Waals surface area contributed by atoms with Crippen molar-refractivity contribution in [1.29, 1.82) is 10.5 Å². The van der Waals surface area contributed by atoms with E-state index in [2.05, 4.69) is 0 Å². The van der Waals surface area contributed by atoms with Crippen molar-refractivity contribution in [2.75, 3.05) is 0 Å². The fraction of sp³-hybridized carbons (Fsp3) is 0.545. The zero-order valence-electron chi connectivity index (χ0n) is 7.51. The SMILES string of the molecule is N#CC(C#N)=C1C[C+]2CCC1CC2. The van der Waals surface area contributed by atoms with Gasteiger partial charge < -0.3 is 0 Å². The minimum atomic E-state index is 0.377.